The quantitative estimate of drug-likeness (QED) is 0.451. The van der Waals surface area contributed by atoms with E-state index < -0.39 is 5.97 Å². The molecule has 0 radical (unpaired) electrons. The molecule has 6 heteroatoms. The smallest absolute Gasteiger partial charge is 0.335 e. The SMILES string of the molecule is O=C(CCC1CCCCC1)Nc1ccc(C(=O)O)cc1NC(=O)CCC1CCCCC1. The summed E-state index contributed by atoms with van der Waals surface area (Å²) in [5.41, 5.74) is 0.909. The van der Waals surface area contributed by atoms with Crippen LogP contribution in [0.5, 0.6) is 0 Å². The normalized spacial score (nSPS) is 17.8. The minimum Gasteiger partial charge on any atom is -0.478 e. The predicted molar refractivity (Wildman–Crippen MR) is 122 cm³/mol. The van der Waals surface area contributed by atoms with Gasteiger partial charge in [-0.1, -0.05) is 64.2 Å². The zero-order chi connectivity index (χ0) is 22.1. The van der Waals surface area contributed by atoms with Crippen LogP contribution in [0.2, 0.25) is 0 Å². The first-order chi connectivity index (χ1) is 15.0. The highest BCUT2D eigenvalue weighted by molar-refractivity contribution is 6.01. The van der Waals surface area contributed by atoms with Gasteiger partial charge in [0.25, 0.3) is 0 Å². The molecule has 2 saturated carbocycles. The predicted octanol–water partition coefficient (Wildman–Crippen LogP) is 5.98. The highest BCUT2D eigenvalue weighted by atomic mass is 16.4. The van der Waals surface area contributed by atoms with Gasteiger partial charge in [-0.3, -0.25) is 9.59 Å². The van der Waals surface area contributed by atoms with Crippen LogP contribution in [-0.4, -0.2) is 22.9 Å². The van der Waals surface area contributed by atoms with Crippen LogP contribution in [0.1, 0.15) is 100 Å². The minimum atomic E-state index is -1.06. The number of aromatic carboxylic acids is 1. The Morgan fingerprint density at radius 2 is 1.23 bits per heavy atom. The fraction of sp³-hybridized carbons (Fsp3) is 0.640. The van der Waals surface area contributed by atoms with Crippen LogP contribution in [0, 0.1) is 11.8 Å². The number of amides is 2. The van der Waals surface area contributed by atoms with E-state index in [1.807, 2.05) is 0 Å². The second kappa shape index (κ2) is 11.9. The molecule has 31 heavy (non-hydrogen) atoms. The maximum Gasteiger partial charge on any atom is 0.335 e. The van der Waals surface area contributed by atoms with Crippen LogP contribution in [0.3, 0.4) is 0 Å². The number of carboxylic acids is 1. The summed E-state index contributed by atoms with van der Waals surface area (Å²) in [6, 6.07) is 4.45. The summed E-state index contributed by atoms with van der Waals surface area (Å²) in [5, 5.41) is 15.0. The molecule has 170 valence electrons. The van der Waals surface area contributed by atoms with Gasteiger partial charge in [-0.05, 0) is 42.9 Å². The second-order valence-electron chi connectivity index (χ2n) is 9.25. The monoisotopic (exact) mass is 428 g/mol. The van der Waals surface area contributed by atoms with E-state index >= 15 is 0 Å². The first-order valence-electron chi connectivity index (χ1n) is 12.0. The van der Waals surface area contributed by atoms with Gasteiger partial charge in [-0.25, -0.2) is 4.79 Å². The molecule has 0 heterocycles. The van der Waals surface area contributed by atoms with Gasteiger partial charge in [-0.15, -0.1) is 0 Å². The maximum absolute atomic E-state index is 12.5. The Bertz CT molecular complexity index is 765. The van der Waals surface area contributed by atoms with Gasteiger partial charge < -0.3 is 15.7 Å². The Hall–Kier alpha value is -2.37. The molecule has 0 atom stereocenters. The van der Waals surface area contributed by atoms with Gasteiger partial charge in [0.1, 0.15) is 0 Å². The lowest BCUT2D eigenvalue weighted by Gasteiger charge is -2.21. The van der Waals surface area contributed by atoms with Gasteiger partial charge in [0, 0.05) is 12.8 Å². The number of benzene rings is 1. The van der Waals surface area contributed by atoms with E-state index in [4.69, 9.17) is 0 Å². The summed E-state index contributed by atoms with van der Waals surface area (Å²) in [4.78, 5) is 36.4. The minimum absolute atomic E-state index is 0.0859. The van der Waals surface area contributed by atoms with Crippen LogP contribution in [0.15, 0.2) is 18.2 Å². The van der Waals surface area contributed by atoms with E-state index in [0.717, 1.165) is 12.8 Å². The topological polar surface area (TPSA) is 95.5 Å². The third-order valence-corrected chi connectivity index (χ3v) is 6.82. The first kappa shape index (κ1) is 23.3. The Morgan fingerprint density at radius 3 is 1.71 bits per heavy atom. The van der Waals surface area contributed by atoms with Gasteiger partial charge in [0.15, 0.2) is 0 Å². The maximum atomic E-state index is 12.5. The molecule has 6 nitrogen and oxygen atoms in total. The van der Waals surface area contributed by atoms with Crippen LogP contribution < -0.4 is 10.6 Å². The van der Waals surface area contributed by atoms with Crippen LogP contribution in [0.4, 0.5) is 11.4 Å². The number of nitrogens with one attached hydrogen (secondary N) is 2. The largest absolute Gasteiger partial charge is 0.478 e. The summed E-state index contributed by atoms with van der Waals surface area (Å²) in [6.45, 7) is 0. The van der Waals surface area contributed by atoms with Crippen molar-refractivity contribution >= 4 is 29.2 Å². The van der Waals surface area contributed by atoms with Crippen molar-refractivity contribution in [3.05, 3.63) is 23.8 Å². The number of carboxylic acid groups (broad SMARTS) is 1. The third kappa shape index (κ3) is 7.67. The average Bonchev–Trinajstić information content (AvgIpc) is 2.79. The molecular weight excluding hydrogens is 392 g/mol. The van der Waals surface area contributed by atoms with Crippen LogP contribution in [0.25, 0.3) is 0 Å². The summed E-state index contributed by atoms with van der Waals surface area (Å²) in [5.74, 6) is -0.0679. The van der Waals surface area contributed by atoms with E-state index in [-0.39, 0.29) is 17.4 Å². The zero-order valence-corrected chi connectivity index (χ0v) is 18.5. The lowest BCUT2D eigenvalue weighted by Crippen LogP contribution is -2.19. The Balaban J connectivity index is 1.57. The van der Waals surface area contributed by atoms with E-state index in [1.165, 1.54) is 76.3 Å². The van der Waals surface area contributed by atoms with Crippen molar-refractivity contribution in [3.8, 4) is 0 Å². The first-order valence-corrected chi connectivity index (χ1v) is 12.0. The summed E-state index contributed by atoms with van der Waals surface area (Å²) >= 11 is 0. The summed E-state index contributed by atoms with van der Waals surface area (Å²) < 4.78 is 0. The number of hydrogen-bond donors (Lipinski definition) is 3. The Labute approximate surface area is 185 Å². The number of carbonyl (C=O) groups is 3. The molecule has 0 aliphatic heterocycles. The molecule has 0 bridgehead atoms. The fourth-order valence-corrected chi connectivity index (χ4v) is 4.94. The lowest BCUT2D eigenvalue weighted by atomic mass is 9.86. The highest BCUT2D eigenvalue weighted by Crippen LogP contribution is 2.30. The Kier molecular flexibility index (Phi) is 8.92. The van der Waals surface area contributed by atoms with E-state index in [1.54, 1.807) is 6.07 Å². The molecule has 0 spiro atoms. The van der Waals surface area contributed by atoms with Crippen LogP contribution in [-0.2, 0) is 9.59 Å². The summed E-state index contributed by atoms with van der Waals surface area (Å²) in [6.07, 6.45) is 14.9. The molecule has 0 aromatic heterocycles. The molecule has 2 aliphatic rings. The molecule has 2 amide bonds. The van der Waals surface area contributed by atoms with Gasteiger partial charge in [0.2, 0.25) is 11.8 Å². The number of anilines is 2. The number of hydrogen-bond acceptors (Lipinski definition) is 3. The summed E-state index contributed by atoms with van der Waals surface area (Å²) in [7, 11) is 0. The zero-order valence-electron chi connectivity index (χ0n) is 18.5. The molecule has 3 N–H and O–H groups in total. The second-order valence-corrected chi connectivity index (χ2v) is 9.25. The van der Waals surface area contributed by atoms with Crippen molar-refractivity contribution in [1.29, 1.82) is 0 Å². The molecule has 3 rings (SSSR count). The van der Waals surface area contributed by atoms with Crippen molar-refractivity contribution in [1.82, 2.24) is 0 Å². The number of rotatable bonds is 9. The molecule has 0 unspecified atom stereocenters. The van der Waals surface area contributed by atoms with E-state index in [9.17, 15) is 19.5 Å². The number of carbonyl (C=O) groups excluding carboxylic acids is 2. The molecule has 0 saturated heterocycles. The lowest BCUT2D eigenvalue weighted by molar-refractivity contribution is -0.117. The molecule has 1 aromatic carbocycles. The van der Waals surface area contributed by atoms with Crippen molar-refractivity contribution in [3.63, 3.8) is 0 Å². The van der Waals surface area contributed by atoms with Crippen molar-refractivity contribution in [2.45, 2.75) is 89.9 Å². The van der Waals surface area contributed by atoms with Crippen molar-refractivity contribution < 1.29 is 19.5 Å². The van der Waals surface area contributed by atoms with E-state index in [2.05, 4.69) is 10.6 Å². The average molecular weight is 429 g/mol. The molecule has 2 aliphatic carbocycles. The molecule has 2 fully saturated rings. The fourth-order valence-electron chi connectivity index (χ4n) is 4.94. The van der Waals surface area contributed by atoms with E-state index in [0.29, 0.717) is 36.1 Å². The van der Waals surface area contributed by atoms with Crippen molar-refractivity contribution in [2.75, 3.05) is 10.6 Å². The molecule has 1 aromatic rings. The third-order valence-electron chi connectivity index (χ3n) is 6.82. The van der Waals surface area contributed by atoms with Crippen LogP contribution >= 0.6 is 0 Å². The molecular formula is C25H36N2O4. The highest BCUT2D eigenvalue weighted by Gasteiger charge is 2.18. The van der Waals surface area contributed by atoms with Gasteiger partial charge in [-0.2, -0.15) is 0 Å². The standard InChI is InChI=1S/C25H36N2O4/c28-23(15-11-18-7-3-1-4-8-18)26-21-14-13-20(25(30)31)17-22(21)27-24(29)16-12-19-9-5-2-6-10-19/h13-14,17-19H,1-12,15-16H2,(H,26,28)(H,27,29)(H,30,31). The Morgan fingerprint density at radius 1 is 0.742 bits per heavy atom. The van der Waals surface area contributed by atoms with Crippen molar-refractivity contribution in [2.24, 2.45) is 11.8 Å². The van der Waals surface area contributed by atoms with Gasteiger partial charge >= 0.3 is 5.97 Å². The van der Waals surface area contributed by atoms with Gasteiger partial charge in [0.05, 0.1) is 16.9 Å².